The molecule has 0 bridgehead atoms. The van der Waals surface area contributed by atoms with E-state index in [4.69, 9.17) is 14.6 Å². The number of ether oxygens (including phenoxy) is 2. The largest absolute Gasteiger partial charge is 0.495 e. The van der Waals surface area contributed by atoms with Gasteiger partial charge in [-0.25, -0.2) is 4.68 Å². The third kappa shape index (κ3) is 3.95. The summed E-state index contributed by atoms with van der Waals surface area (Å²) in [6.45, 7) is 2.01. The maximum Gasteiger partial charge on any atom is 0.275 e. The van der Waals surface area contributed by atoms with Crippen LogP contribution in [0.15, 0.2) is 33.4 Å². The van der Waals surface area contributed by atoms with Crippen LogP contribution in [0.25, 0.3) is 16.9 Å². The SMILES string of the molecule is COc1cc2c(cc1Br)-c1c(c(C(=O)N3CCCNCC3C(=O)C3CCC3)nn1-c1ccsc1)CO2. The van der Waals surface area contributed by atoms with Crippen LogP contribution < -0.4 is 14.8 Å². The van der Waals surface area contributed by atoms with E-state index in [1.54, 1.807) is 23.3 Å². The summed E-state index contributed by atoms with van der Waals surface area (Å²) in [6, 6.07) is 5.31. The van der Waals surface area contributed by atoms with Gasteiger partial charge < -0.3 is 19.7 Å². The van der Waals surface area contributed by atoms with Gasteiger partial charge in [0.1, 0.15) is 24.1 Å². The van der Waals surface area contributed by atoms with Gasteiger partial charge in [-0.2, -0.15) is 16.4 Å². The second-order valence-electron chi connectivity index (χ2n) is 9.44. The first-order valence-electron chi connectivity index (χ1n) is 12.3. The third-order valence-electron chi connectivity index (χ3n) is 7.38. The van der Waals surface area contributed by atoms with Crippen LogP contribution in [0.2, 0.25) is 0 Å². The van der Waals surface area contributed by atoms with E-state index in [1.807, 2.05) is 33.6 Å². The maximum atomic E-state index is 14.1. The number of hydrogen-bond donors (Lipinski definition) is 1. The average molecular weight is 571 g/mol. The molecule has 1 atom stereocenters. The number of ketones is 1. The van der Waals surface area contributed by atoms with E-state index in [-0.39, 0.29) is 24.2 Å². The predicted molar refractivity (Wildman–Crippen MR) is 140 cm³/mol. The van der Waals surface area contributed by atoms with E-state index in [2.05, 4.69) is 21.2 Å². The molecule has 1 unspecified atom stereocenters. The Labute approximate surface area is 221 Å². The van der Waals surface area contributed by atoms with Gasteiger partial charge in [-0.3, -0.25) is 9.59 Å². The lowest BCUT2D eigenvalue weighted by molar-refractivity contribution is -0.129. The molecule has 1 amide bonds. The zero-order valence-electron chi connectivity index (χ0n) is 20.0. The zero-order valence-corrected chi connectivity index (χ0v) is 22.4. The molecule has 10 heteroatoms. The summed E-state index contributed by atoms with van der Waals surface area (Å²) in [4.78, 5) is 29.2. The van der Waals surface area contributed by atoms with Crippen LogP contribution in [-0.4, -0.2) is 59.2 Å². The summed E-state index contributed by atoms with van der Waals surface area (Å²) in [7, 11) is 1.62. The lowest BCUT2D eigenvalue weighted by Gasteiger charge is -2.34. The van der Waals surface area contributed by atoms with Crippen molar-refractivity contribution in [2.45, 2.75) is 38.3 Å². The Morgan fingerprint density at radius 1 is 1.28 bits per heavy atom. The van der Waals surface area contributed by atoms with Gasteiger partial charge in [-0.15, -0.1) is 0 Å². The fraction of sp³-hybridized carbons (Fsp3) is 0.423. The third-order valence-corrected chi connectivity index (χ3v) is 8.67. The lowest BCUT2D eigenvalue weighted by atomic mass is 9.79. The standard InChI is InChI=1S/C26H27BrN4O4S/c1-34-22-11-21-17(10-19(22)27)24-18(13-35-21)23(29-31(24)16-6-9-36-14-16)26(33)30-8-3-7-28-12-20(30)25(32)15-4-2-5-15/h6,9-11,14-15,20,28H,2-5,7-8,12-13H2,1H3. The molecule has 3 aliphatic rings. The van der Waals surface area contributed by atoms with Crippen LogP contribution in [0.1, 0.15) is 41.7 Å². The molecule has 8 nitrogen and oxygen atoms in total. The number of carbonyl (C=O) groups is 2. The van der Waals surface area contributed by atoms with Crippen LogP contribution in [0.3, 0.4) is 0 Å². The Kier molecular flexibility index (Phi) is 6.35. The number of nitrogens with zero attached hydrogens (tertiary/aromatic N) is 3. The number of fused-ring (bicyclic) bond motifs is 3. The molecule has 1 saturated heterocycles. The van der Waals surface area contributed by atoms with Gasteiger partial charge in [0.15, 0.2) is 11.5 Å². The molecule has 0 radical (unpaired) electrons. The van der Waals surface area contributed by atoms with Crippen LogP contribution in [0.5, 0.6) is 11.5 Å². The number of aromatic nitrogens is 2. The number of carbonyl (C=O) groups excluding carboxylic acids is 2. The highest BCUT2D eigenvalue weighted by Crippen LogP contribution is 2.45. The van der Waals surface area contributed by atoms with Gasteiger partial charge in [0.05, 0.1) is 23.0 Å². The minimum Gasteiger partial charge on any atom is -0.495 e. The van der Waals surface area contributed by atoms with E-state index < -0.39 is 6.04 Å². The van der Waals surface area contributed by atoms with Gasteiger partial charge in [0.25, 0.3) is 5.91 Å². The molecule has 0 spiro atoms. The second-order valence-corrected chi connectivity index (χ2v) is 11.1. The minimum atomic E-state index is -0.470. The monoisotopic (exact) mass is 570 g/mol. The zero-order chi connectivity index (χ0) is 24.8. The molecule has 1 aromatic carbocycles. The number of rotatable bonds is 5. The summed E-state index contributed by atoms with van der Waals surface area (Å²) < 4.78 is 14.2. The Morgan fingerprint density at radius 3 is 2.86 bits per heavy atom. The Balaban J connectivity index is 1.46. The number of Topliss-reactive ketones (excluding diaryl/α,β-unsaturated/α-hetero) is 1. The minimum absolute atomic E-state index is 0.0602. The predicted octanol–water partition coefficient (Wildman–Crippen LogP) is 4.44. The van der Waals surface area contributed by atoms with E-state index >= 15 is 0 Å². The molecule has 2 fully saturated rings. The normalized spacial score (nSPS) is 19.5. The summed E-state index contributed by atoms with van der Waals surface area (Å²) in [5, 5.41) is 12.2. The van der Waals surface area contributed by atoms with Crippen molar-refractivity contribution >= 4 is 39.0 Å². The fourth-order valence-corrected chi connectivity index (χ4v) is 6.34. The number of methoxy groups -OCH3 is 1. The number of amides is 1. The average Bonchev–Trinajstić information content (AvgIpc) is 3.44. The first-order valence-corrected chi connectivity index (χ1v) is 14.0. The quantitative estimate of drug-likeness (QED) is 0.488. The van der Waals surface area contributed by atoms with Crippen molar-refractivity contribution in [3.05, 3.63) is 44.7 Å². The summed E-state index contributed by atoms with van der Waals surface area (Å²) in [5.41, 5.74) is 3.64. The van der Waals surface area contributed by atoms with Gasteiger partial charge >= 0.3 is 0 Å². The number of thiophene rings is 1. The van der Waals surface area contributed by atoms with Crippen LogP contribution >= 0.6 is 27.3 Å². The number of nitrogens with one attached hydrogen (secondary N) is 1. The first-order chi connectivity index (χ1) is 17.6. The first kappa shape index (κ1) is 23.7. The van der Waals surface area contributed by atoms with Gasteiger partial charge in [-0.1, -0.05) is 6.42 Å². The van der Waals surface area contributed by atoms with E-state index in [1.165, 1.54) is 0 Å². The molecule has 4 heterocycles. The summed E-state index contributed by atoms with van der Waals surface area (Å²) in [6.07, 6.45) is 3.71. The molecule has 36 heavy (non-hydrogen) atoms. The number of halogens is 1. The molecule has 1 saturated carbocycles. The lowest BCUT2D eigenvalue weighted by Crippen LogP contribution is -2.51. The Morgan fingerprint density at radius 2 is 2.14 bits per heavy atom. The summed E-state index contributed by atoms with van der Waals surface area (Å²) in [5.74, 6) is 1.37. The van der Waals surface area contributed by atoms with E-state index in [0.717, 1.165) is 59.2 Å². The smallest absolute Gasteiger partial charge is 0.275 e. The van der Waals surface area contributed by atoms with Crippen LogP contribution in [0.4, 0.5) is 0 Å². The van der Waals surface area contributed by atoms with Crippen molar-refractivity contribution < 1.29 is 19.1 Å². The van der Waals surface area contributed by atoms with Crippen LogP contribution in [-0.2, 0) is 11.4 Å². The van der Waals surface area contributed by atoms with Gasteiger partial charge in [0, 0.05) is 41.6 Å². The van der Waals surface area contributed by atoms with Crippen molar-refractivity contribution in [3.63, 3.8) is 0 Å². The van der Waals surface area contributed by atoms with Crippen molar-refractivity contribution in [3.8, 4) is 28.4 Å². The molecule has 2 aliphatic heterocycles. The van der Waals surface area contributed by atoms with Crippen molar-refractivity contribution in [1.29, 1.82) is 0 Å². The highest BCUT2D eigenvalue weighted by Gasteiger charge is 2.40. The highest BCUT2D eigenvalue weighted by atomic mass is 79.9. The Hall–Kier alpha value is -2.69. The molecule has 1 aliphatic carbocycles. The molecule has 6 rings (SSSR count). The fourth-order valence-electron chi connectivity index (χ4n) is 5.22. The number of hydrogen-bond acceptors (Lipinski definition) is 7. The highest BCUT2D eigenvalue weighted by molar-refractivity contribution is 9.10. The van der Waals surface area contributed by atoms with E-state index in [0.29, 0.717) is 30.3 Å². The number of benzene rings is 1. The topological polar surface area (TPSA) is 85.7 Å². The van der Waals surface area contributed by atoms with Crippen molar-refractivity contribution in [2.24, 2.45) is 5.92 Å². The molecular formula is C26H27BrN4O4S. The van der Waals surface area contributed by atoms with Crippen molar-refractivity contribution in [1.82, 2.24) is 20.0 Å². The maximum absolute atomic E-state index is 14.1. The van der Waals surface area contributed by atoms with Gasteiger partial charge in [-0.05, 0) is 59.2 Å². The second kappa shape index (κ2) is 9.64. The Bertz CT molecular complexity index is 1320. The molecule has 1 N–H and O–H groups in total. The van der Waals surface area contributed by atoms with Crippen LogP contribution in [0, 0.1) is 5.92 Å². The molecule has 188 valence electrons. The van der Waals surface area contributed by atoms with Crippen molar-refractivity contribution in [2.75, 3.05) is 26.7 Å². The molecule has 2 aromatic heterocycles. The summed E-state index contributed by atoms with van der Waals surface area (Å²) >= 11 is 5.16. The molecular weight excluding hydrogens is 544 g/mol. The molecule has 3 aromatic rings. The van der Waals surface area contributed by atoms with E-state index in [9.17, 15) is 9.59 Å². The van der Waals surface area contributed by atoms with Gasteiger partial charge in [0.2, 0.25) is 0 Å².